The molecule has 1 rings (SSSR count). The first-order chi connectivity index (χ1) is 16.4. The molecule has 0 spiro atoms. The van der Waals surface area contributed by atoms with Crippen LogP contribution in [-0.2, 0) is 38.2 Å². The summed E-state index contributed by atoms with van der Waals surface area (Å²) >= 11 is 0. The largest absolute Gasteiger partial charge is 0.469 e. The van der Waals surface area contributed by atoms with E-state index in [0.717, 1.165) is 0 Å². The number of ether oxygens (including phenoxy) is 2. The lowest BCUT2D eigenvalue weighted by Gasteiger charge is -2.29. The lowest BCUT2D eigenvalue weighted by molar-refractivity contribution is -0.147. The highest BCUT2D eigenvalue weighted by Crippen LogP contribution is 2.22. The summed E-state index contributed by atoms with van der Waals surface area (Å²) < 4.78 is 9.23. The minimum Gasteiger partial charge on any atom is -0.469 e. The van der Waals surface area contributed by atoms with E-state index in [2.05, 4.69) is 20.7 Å². The van der Waals surface area contributed by atoms with Gasteiger partial charge in [0.25, 0.3) is 0 Å². The summed E-state index contributed by atoms with van der Waals surface area (Å²) in [4.78, 5) is 74.2. The minimum atomic E-state index is -0.854. The van der Waals surface area contributed by atoms with Crippen molar-refractivity contribution in [2.24, 2.45) is 5.92 Å². The SMILES string of the molecule is COC(=O)CCC(=O)NCCC(=O)NC1CC(C)N(C(C)C(=O)NC(CC(C)C)C(=O)OC)C1=O. The third kappa shape index (κ3) is 9.53. The average molecular weight is 499 g/mol. The summed E-state index contributed by atoms with van der Waals surface area (Å²) in [7, 11) is 2.48. The number of likely N-dealkylation sites (tertiary alicyclic amines) is 1. The fourth-order valence-electron chi connectivity index (χ4n) is 3.88. The minimum absolute atomic E-state index is 0.0458. The smallest absolute Gasteiger partial charge is 0.328 e. The molecule has 0 aromatic heterocycles. The van der Waals surface area contributed by atoms with Gasteiger partial charge >= 0.3 is 11.9 Å². The van der Waals surface area contributed by atoms with E-state index in [1.165, 1.54) is 19.1 Å². The molecule has 0 aromatic rings. The number of nitrogens with one attached hydrogen (secondary N) is 3. The molecule has 0 aromatic carbocycles. The van der Waals surface area contributed by atoms with Crippen molar-refractivity contribution in [2.45, 2.75) is 84.0 Å². The first-order valence-electron chi connectivity index (χ1n) is 11.7. The van der Waals surface area contributed by atoms with Crippen molar-refractivity contribution in [3.8, 4) is 0 Å². The van der Waals surface area contributed by atoms with Gasteiger partial charge in [-0.05, 0) is 32.6 Å². The normalized spacial score (nSPS) is 19.1. The second-order valence-corrected chi connectivity index (χ2v) is 9.02. The molecule has 1 saturated heterocycles. The van der Waals surface area contributed by atoms with Crippen molar-refractivity contribution in [1.29, 1.82) is 0 Å². The molecule has 0 aliphatic carbocycles. The number of amides is 4. The Morgan fingerprint density at radius 1 is 1.00 bits per heavy atom. The predicted molar refractivity (Wildman–Crippen MR) is 125 cm³/mol. The molecule has 4 amide bonds. The van der Waals surface area contributed by atoms with Crippen LogP contribution in [0, 0.1) is 5.92 Å². The number of nitrogens with zero attached hydrogens (tertiary/aromatic N) is 1. The number of methoxy groups -OCH3 is 2. The van der Waals surface area contributed by atoms with Gasteiger partial charge in [-0.1, -0.05) is 13.8 Å². The van der Waals surface area contributed by atoms with E-state index in [0.29, 0.717) is 12.8 Å². The maximum atomic E-state index is 12.9. The Kier molecular flexibility index (Phi) is 12.2. The van der Waals surface area contributed by atoms with Crippen LogP contribution in [0.5, 0.6) is 0 Å². The number of carbonyl (C=O) groups is 6. The van der Waals surface area contributed by atoms with Crippen molar-refractivity contribution >= 4 is 35.6 Å². The van der Waals surface area contributed by atoms with Gasteiger partial charge in [-0.2, -0.15) is 0 Å². The van der Waals surface area contributed by atoms with E-state index in [9.17, 15) is 28.8 Å². The molecular formula is C23H38N4O8. The zero-order chi connectivity index (χ0) is 26.7. The zero-order valence-corrected chi connectivity index (χ0v) is 21.3. The molecular weight excluding hydrogens is 460 g/mol. The number of esters is 2. The van der Waals surface area contributed by atoms with Gasteiger partial charge in [-0.25, -0.2) is 4.79 Å². The third-order valence-electron chi connectivity index (χ3n) is 5.70. The molecule has 0 bridgehead atoms. The second-order valence-electron chi connectivity index (χ2n) is 9.02. The first kappa shape index (κ1) is 29.9. The molecule has 35 heavy (non-hydrogen) atoms. The van der Waals surface area contributed by atoms with Gasteiger partial charge in [0.05, 0.1) is 20.6 Å². The topological polar surface area (TPSA) is 160 Å². The molecule has 0 saturated carbocycles. The molecule has 4 atom stereocenters. The van der Waals surface area contributed by atoms with Gasteiger partial charge in [-0.3, -0.25) is 24.0 Å². The quantitative estimate of drug-likeness (QED) is 0.290. The van der Waals surface area contributed by atoms with Crippen LogP contribution >= 0.6 is 0 Å². The Balaban J connectivity index is 2.59. The van der Waals surface area contributed by atoms with Crippen LogP contribution in [0.2, 0.25) is 0 Å². The van der Waals surface area contributed by atoms with Gasteiger partial charge in [0.1, 0.15) is 18.1 Å². The highest BCUT2D eigenvalue weighted by atomic mass is 16.5. The van der Waals surface area contributed by atoms with Gasteiger partial charge in [0.2, 0.25) is 23.6 Å². The molecule has 1 aliphatic heterocycles. The summed E-state index contributed by atoms with van der Waals surface area (Å²) in [5.74, 6) is -2.60. The Bertz CT molecular complexity index is 800. The van der Waals surface area contributed by atoms with E-state index < -0.39 is 47.8 Å². The van der Waals surface area contributed by atoms with E-state index in [1.807, 2.05) is 13.8 Å². The average Bonchev–Trinajstić information content (AvgIpc) is 3.07. The molecule has 1 aliphatic rings. The fraction of sp³-hybridized carbons (Fsp3) is 0.739. The molecule has 3 N–H and O–H groups in total. The highest BCUT2D eigenvalue weighted by Gasteiger charge is 2.42. The Morgan fingerprint density at radius 2 is 1.66 bits per heavy atom. The Hall–Kier alpha value is -3.18. The standard InChI is InChI=1S/C23H38N4O8/c1-13(2)11-17(23(33)35-6)26-21(31)15(4)27-14(3)12-16(22(27)32)25-19(29)9-10-24-18(28)7-8-20(30)34-5/h13-17H,7-12H2,1-6H3,(H,24,28)(H,25,29)(H,26,31). The molecule has 4 unspecified atom stereocenters. The summed E-state index contributed by atoms with van der Waals surface area (Å²) in [6, 6.07) is -2.78. The van der Waals surface area contributed by atoms with Crippen molar-refractivity contribution < 1.29 is 38.2 Å². The van der Waals surface area contributed by atoms with Crippen LogP contribution in [0.1, 0.15) is 59.8 Å². The number of hydrogen-bond donors (Lipinski definition) is 3. The maximum Gasteiger partial charge on any atom is 0.328 e. The Morgan fingerprint density at radius 3 is 2.23 bits per heavy atom. The lowest BCUT2D eigenvalue weighted by Crippen LogP contribution is -2.54. The summed E-state index contributed by atoms with van der Waals surface area (Å²) in [5, 5.41) is 7.85. The Labute approximate surface area is 205 Å². The van der Waals surface area contributed by atoms with Crippen LogP contribution in [-0.4, -0.2) is 85.4 Å². The van der Waals surface area contributed by atoms with Gasteiger partial charge < -0.3 is 30.3 Å². The fourth-order valence-corrected chi connectivity index (χ4v) is 3.88. The summed E-state index contributed by atoms with van der Waals surface area (Å²) in [6.07, 6.45) is 0.569. The predicted octanol–water partition coefficient (Wildman–Crippen LogP) is -0.356. The number of rotatable bonds is 13. The molecule has 12 heteroatoms. The summed E-state index contributed by atoms with van der Waals surface area (Å²) in [5.41, 5.74) is 0. The van der Waals surface area contributed by atoms with Crippen LogP contribution in [0.3, 0.4) is 0 Å². The number of hydrogen-bond acceptors (Lipinski definition) is 8. The van der Waals surface area contributed by atoms with E-state index in [4.69, 9.17) is 4.74 Å². The maximum absolute atomic E-state index is 12.9. The van der Waals surface area contributed by atoms with E-state index in [-0.39, 0.29) is 43.7 Å². The van der Waals surface area contributed by atoms with Gasteiger partial charge in [0.15, 0.2) is 0 Å². The highest BCUT2D eigenvalue weighted by molar-refractivity contribution is 5.95. The van der Waals surface area contributed by atoms with Crippen LogP contribution in [0.25, 0.3) is 0 Å². The lowest BCUT2D eigenvalue weighted by atomic mass is 10.0. The van der Waals surface area contributed by atoms with Crippen LogP contribution in [0.4, 0.5) is 0 Å². The molecule has 0 radical (unpaired) electrons. The van der Waals surface area contributed by atoms with Gasteiger partial charge in [-0.15, -0.1) is 0 Å². The molecule has 198 valence electrons. The van der Waals surface area contributed by atoms with Crippen molar-refractivity contribution in [2.75, 3.05) is 20.8 Å². The van der Waals surface area contributed by atoms with Crippen molar-refractivity contribution in [3.63, 3.8) is 0 Å². The molecule has 1 heterocycles. The number of carbonyl (C=O) groups excluding carboxylic acids is 6. The van der Waals surface area contributed by atoms with Gasteiger partial charge in [0, 0.05) is 25.4 Å². The molecule has 12 nitrogen and oxygen atoms in total. The van der Waals surface area contributed by atoms with Crippen LogP contribution in [0.15, 0.2) is 0 Å². The first-order valence-corrected chi connectivity index (χ1v) is 11.7. The third-order valence-corrected chi connectivity index (χ3v) is 5.70. The van der Waals surface area contributed by atoms with Crippen LogP contribution < -0.4 is 16.0 Å². The monoisotopic (exact) mass is 498 g/mol. The van der Waals surface area contributed by atoms with Crippen molar-refractivity contribution in [1.82, 2.24) is 20.9 Å². The second kappa shape index (κ2) is 14.3. The zero-order valence-electron chi connectivity index (χ0n) is 21.3. The summed E-state index contributed by atoms with van der Waals surface area (Å²) in [6.45, 7) is 7.23. The van der Waals surface area contributed by atoms with E-state index >= 15 is 0 Å². The van der Waals surface area contributed by atoms with Crippen molar-refractivity contribution in [3.05, 3.63) is 0 Å². The van der Waals surface area contributed by atoms with E-state index in [1.54, 1.807) is 13.8 Å². The molecule has 1 fully saturated rings.